The van der Waals surface area contributed by atoms with Crippen molar-refractivity contribution in [3.05, 3.63) is 47.2 Å². The van der Waals surface area contributed by atoms with Crippen LogP contribution in [0.1, 0.15) is 19.8 Å². The highest BCUT2D eigenvalue weighted by molar-refractivity contribution is 9.10. The number of rotatable bonds is 8. The van der Waals surface area contributed by atoms with Crippen LogP contribution >= 0.6 is 15.9 Å². The second-order valence-corrected chi connectivity index (χ2v) is 9.02. The molecule has 9 heteroatoms. The largest absolute Gasteiger partial charge is 0.491 e. The third kappa shape index (κ3) is 6.11. The van der Waals surface area contributed by atoms with Gasteiger partial charge in [-0.3, -0.25) is 9.69 Å². The lowest BCUT2D eigenvalue weighted by Crippen LogP contribution is -2.39. The van der Waals surface area contributed by atoms with Gasteiger partial charge in [-0.1, -0.05) is 22.0 Å². The van der Waals surface area contributed by atoms with E-state index in [-0.39, 0.29) is 5.97 Å². The van der Waals surface area contributed by atoms with Crippen LogP contribution in [0.15, 0.2) is 47.2 Å². The van der Waals surface area contributed by atoms with E-state index in [0.717, 1.165) is 47.0 Å². The SMILES string of the molecule is CCOC(=O)CN1CCC(COc2cc3ncnc(Nc4cccc(Br)c4)c3cc2N)CC1. The fraction of sp³-hybridized carbons (Fsp3) is 0.375. The Kier molecular flexibility index (Phi) is 7.61. The Labute approximate surface area is 201 Å². The van der Waals surface area contributed by atoms with E-state index in [1.807, 2.05) is 43.3 Å². The third-order valence-electron chi connectivity index (χ3n) is 5.69. The summed E-state index contributed by atoms with van der Waals surface area (Å²) in [6.45, 7) is 4.90. The van der Waals surface area contributed by atoms with E-state index in [0.29, 0.717) is 42.9 Å². The van der Waals surface area contributed by atoms with Crippen LogP contribution in [0.4, 0.5) is 17.2 Å². The quantitative estimate of drug-likeness (QED) is 0.338. The van der Waals surface area contributed by atoms with Crippen LogP contribution in [0.5, 0.6) is 5.75 Å². The summed E-state index contributed by atoms with van der Waals surface area (Å²) in [6.07, 6.45) is 3.47. The molecule has 2 aromatic carbocycles. The standard InChI is InChI=1S/C24H28BrN5O3/c1-2-32-23(31)13-30-8-6-16(7-9-30)14-33-22-12-21-19(11-20(22)26)24(28-15-27-21)29-18-5-3-4-17(25)10-18/h3-5,10-12,15-16H,2,6-9,13-14,26H2,1H3,(H,27,28,29). The van der Waals surface area contributed by atoms with Gasteiger partial charge in [0.15, 0.2) is 0 Å². The Morgan fingerprint density at radius 2 is 2.06 bits per heavy atom. The number of nitrogens with zero attached hydrogens (tertiary/aromatic N) is 3. The number of anilines is 3. The van der Waals surface area contributed by atoms with Crippen molar-refractivity contribution >= 4 is 50.0 Å². The Morgan fingerprint density at radius 3 is 2.82 bits per heavy atom. The Hall–Kier alpha value is -2.91. The molecule has 1 aliphatic rings. The minimum absolute atomic E-state index is 0.160. The van der Waals surface area contributed by atoms with Crippen molar-refractivity contribution in [3.63, 3.8) is 0 Å². The van der Waals surface area contributed by atoms with E-state index in [1.54, 1.807) is 0 Å². The number of fused-ring (bicyclic) bond motifs is 1. The number of hydrogen-bond acceptors (Lipinski definition) is 8. The predicted octanol–water partition coefficient (Wildman–Crippen LogP) is 4.37. The van der Waals surface area contributed by atoms with Gasteiger partial charge in [0, 0.05) is 21.6 Å². The smallest absolute Gasteiger partial charge is 0.320 e. The highest BCUT2D eigenvalue weighted by atomic mass is 79.9. The molecule has 0 amide bonds. The number of hydrogen-bond donors (Lipinski definition) is 2. The van der Waals surface area contributed by atoms with Crippen LogP contribution < -0.4 is 15.8 Å². The molecule has 0 aliphatic carbocycles. The molecule has 0 atom stereocenters. The van der Waals surface area contributed by atoms with Gasteiger partial charge in [-0.15, -0.1) is 0 Å². The van der Waals surface area contributed by atoms with Crippen molar-refractivity contribution in [3.8, 4) is 5.75 Å². The first kappa shape index (κ1) is 23.3. The van der Waals surface area contributed by atoms with Crippen molar-refractivity contribution in [2.24, 2.45) is 5.92 Å². The number of likely N-dealkylation sites (tertiary alicyclic amines) is 1. The number of carbonyl (C=O) groups excluding carboxylic acids is 1. The third-order valence-corrected chi connectivity index (χ3v) is 6.19. The van der Waals surface area contributed by atoms with Gasteiger partial charge < -0.3 is 20.5 Å². The van der Waals surface area contributed by atoms with Gasteiger partial charge in [-0.05, 0) is 63.0 Å². The van der Waals surface area contributed by atoms with Crippen molar-refractivity contribution in [2.45, 2.75) is 19.8 Å². The number of benzene rings is 2. The molecule has 3 aromatic rings. The van der Waals surface area contributed by atoms with Crippen molar-refractivity contribution in [1.82, 2.24) is 14.9 Å². The number of nitrogen functional groups attached to an aromatic ring is 1. The lowest BCUT2D eigenvalue weighted by molar-refractivity contribution is -0.144. The van der Waals surface area contributed by atoms with E-state index in [4.69, 9.17) is 15.2 Å². The molecule has 2 heterocycles. The number of aromatic nitrogens is 2. The zero-order valence-corrected chi connectivity index (χ0v) is 20.2. The molecule has 33 heavy (non-hydrogen) atoms. The summed E-state index contributed by atoms with van der Waals surface area (Å²) >= 11 is 3.48. The van der Waals surface area contributed by atoms with Crippen LogP contribution in [-0.2, 0) is 9.53 Å². The van der Waals surface area contributed by atoms with E-state index < -0.39 is 0 Å². The van der Waals surface area contributed by atoms with E-state index in [9.17, 15) is 4.79 Å². The number of piperidine rings is 1. The summed E-state index contributed by atoms with van der Waals surface area (Å²) in [5.41, 5.74) is 8.54. The highest BCUT2D eigenvalue weighted by Crippen LogP contribution is 2.32. The molecule has 1 aliphatic heterocycles. The number of ether oxygens (including phenoxy) is 2. The summed E-state index contributed by atoms with van der Waals surface area (Å²) in [5.74, 6) is 1.57. The molecule has 1 aromatic heterocycles. The normalized spacial score (nSPS) is 14.8. The first-order chi connectivity index (χ1) is 16.0. The summed E-state index contributed by atoms with van der Waals surface area (Å²) in [6, 6.07) is 11.6. The zero-order chi connectivity index (χ0) is 23.2. The molecule has 0 bridgehead atoms. The van der Waals surface area contributed by atoms with Crippen molar-refractivity contribution in [2.75, 3.05) is 43.9 Å². The molecule has 1 saturated heterocycles. The van der Waals surface area contributed by atoms with Crippen LogP contribution in [0.3, 0.4) is 0 Å². The number of halogens is 1. The highest BCUT2D eigenvalue weighted by Gasteiger charge is 2.22. The van der Waals surface area contributed by atoms with Crippen molar-refractivity contribution < 1.29 is 14.3 Å². The predicted molar refractivity (Wildman–Crippen MR) is 133 cm³/mol. The van der Waals surface area contributed by atoms with E-state index in [1.165, 1.54) is 6.33 Å². The minimum atomic E-state index is -0.160. The summed E-state index contributed by atoms with van der Waals surface area (Å²) in [5, 5.41) is 4.16. The second-order valence-electron chi connectivity index (χ2n) is 8.10. The summed E-state index contributed by atoms with van der Waals surface area (Å²) < 4.78 is 12.1. The number of carbonyl (C=O) groups is 1. The van der Waals surface area contributed by atoms with Crippen LogP contribution in [0.2, 0.25) is 0 Å². The number of nitrogens with one attached hydrogen (secondary N) is 1. The van der Waals surface area contributed by atoms with E-state index >= 15 is 0 Å². The van der Waals surface area contributed by atoms with Gasteiger partial charge in [0.25, 0.3) is 0 Å². The maximum atomic E-state index is 11.7. The fourth-order valence-electron chi connectivity index (χ4n) is 3.94. The molecule has 0 spiro atoms. The maximum absolute atomic E-state index is 11.7. The molecule has 1 fully saturated rings. The fourth-order valence-corrected chi connectivity index (χ4v) is 4.34. The first-order valence-electron chi connectivity index (χ1n) is 11.1. The van der Waals surface area contributed by atoms with Gasteiger partial charge in [-0.25, -0.2) is 9.97 Å². The van der Waals surface area contributed by atoms with Gasteiger partial charge in [-0.2, -0.15) is 0 Å². The molecule has 0 saturated carbocycles. The molecule has 4 rings (SSSR count). The van der Waals surface area contributed by atoms with Crippen LogP contribution in [-0.4, -0.2) is 53.7 Å². The van der Waals surface area contributed by atoms with Crippen molar-refractivity contribution in [1.29, 1.82) is 0 Å². The van der Waals surface area contributed by atoms with Crippen LogP contribution in [0.25, 0.3) is 10.9 Å². The molecule has 3 N–H and O–H groups in total. The molecule has 0 radical (unpaired) electrons. The molecule has 174 valence electrons. The van der Waals surface area contributed by atoms with Crippen LogP contribution in [0, 0.1) is 5.92 Å². The molecular formula is C24H28BrN5O3. The minimum Gasteiger partial charge on any atom is -0.491 e. The summed E-state index contributed by atoms with van der Waals surface area (Å²) in [4.78, 5) is 22.6. The van der Waals surface area contributed by atoms with Gasteiger partial charge in [0.2, 0.25) is 0 Å². The second kappa shape index (κ2) is 10.8. The molecule has 8 nitrogen and oxygen atoms in total. The van der Waals surface area contributed by atoms with E-state index in [2.05, 4.69) is 36.1 Å². The topological polar surface area (TPSA) is 103 Å². The maximum Gasteiger partial charge on any atom is 0.320 e. The average molecular weight is 514 g/mol. The van der Waals surface area contributed by atoms with Gasteiger partial charge >= 0.3 is 5.97 Å². The Bertz CT molecular complexity index is 1120. The van der Waals surface area contributed by atoms with Gasteiger partial charge in [0.1, 0.15) is 17.9 Å². The lowest BCUT2D eigenvalue weighted by atomic mass is 9.98. The number of esters is 1. The average Bonchev–Trinajstić information content (AvgIpc) is 2.79. The lowest BCUT2D eigenvalue weighted by Gasteiger charge is -2.31. The zero-order valence-electron chi connectivity index (χ0n) is 18.6. The first-order valence-corrected chi connectivity index (χ1v) is 11.9. The Morgan fingerprint density at radius 1 is 1.24 bits per heavy atom. The van der Waals surface area contributed by atoms with Gasteiger partial charge in [0.05, 0.1) is 31.0 Å². The monoisotopic (exact) mass is 513 g/mol. The molecule has 0 unspecified atom stereocenters. The number of nitrogens with two attached hydrogens (primary N) is 1. The summed E-state index contributed by atoms with van der Waals surface area (Å²) in [7, 11) is 0. The Balaban J connectivity index is 1.38. The molecular weight excluding hydrogens is 486 g/mol.